The Morgan fingerprint density at radius 3 is 2.44 bits per heavy atom. The molecule has 1 aromatic carbocycles. The molecule has 7 heteroatoms. The zero-order chi connectivity index (χ0) is 23.7. The minimum Gasteiger partial charge on any atom is -0.495 e. The van der Waals surface area contributed by atoms with Crippen molar-refractivity contribution in [1.82, 2.24) is 9.80 Å². The maximum absolute atomic E-state index is 13.7. The largest absolute Gasteiger partial charge is 0.495 e. The molecule has 34 heavy (non-hydrogen) atoms. The van der Waals surface area contributed by atoms with E-state index in [1.807, 2.05) is 41.8 Å². The number of ketones is 1. The van der Waals surface area contributed by atoms with Crippen molar-refractivity contribution in [3.05, 3.63) is 52.2 Å². The van der Waals surface area contributed by atoms with E-state index in [4.69, 9.17) is 4.74 Å². The number of methoxy groups -OCH3 is 1. The number of aliphatic hydroxyl groups excluding tert-OH is 1. The van der Waals surface area contributed by atoms with Gasteiger partial charge in [0.1, 0.15) is 17.6 Å². The molecule has 1 aromatic heterocycles. The van der Waals surface area contributed by atoms with Crippen LogP contribution < -0.4 is 4.74 Å². The Hall–Kier alpha value is -1.77. The van der Waals surface area contributed by atoms with E-state index in [-0.39, 0.29) is 12.3 Å². The summed E-state index contributed by atoms with van der Waals surface area (Å²) in [6.45, 7) is 1.56. The van der Waals surface area contributed by atoms with Gasteiger partial charge in [-0.25, -0.2) is 0 Å². The van der Waals surface area contributed by atoms with Gasteiger partial charge in [-0.3, -0.25) is 14.6 Å². The third kappa shape index (κ3) is 4.56. The first-order chi connectivity index (χ1) is 16.5. The molecule has 0 radical (unpaired) electrons. The van der Waals surface area contributed by atoms with E-state index < -0.39 is 17.7 Å². The quantitative estimate of drug-likeness (QED) is 0.595. The third-order valence-electron chi connectivity index (χ3n) is 8.19. The van der Waals surface area contributed by atoms with Gasteiger partial charge in [0, 0.05) is 25.2 Å². The highest BCUT2D eigenvalue weighted by molar-refractivity contribution is 7.10. The number of likely N-dealkylation sites (tertiary alicyclic amines) is 1. The molecule has 184 valence electrons. The van der Waals surface area contributed by atoms with Crippen molar-refractivity contribution in [2.24, 2.45) is 0 Å². The van der Waals surface area contributed by atoms with E-state index in [1.54, 1.807) is 7.11 Å². The van der Waals surface area contributed by atoms with Crippen LogP contribution in [0.1, 0.15) is 61.3 Å². The van der Waals surface area contributed by atoms with E-state index >= 15 is 0 Å². The molecule has 2 bridgehead atoms. The summed E-state index contributed by atoms with van der Waals surface area (Å²) in [7, 11) is 1.63. The molecule has 3 fully saturated rings. The number of Topliss-reactive ketones (excluding diaryl/α,β-unsaturated/α-hetero) is 1. The number of rotatable bonds is 8. The second-order valence-electron chi connectivity index (χ2n) is 10.2. The molecular formula is C27H36N2O4S. The summed E-state index contributed by atoms with van der Waals surface area (Å²) in [5.41, 5.74) is -0.0217. The molecule has 3 saturated heterocycles. The van der Waals surface area contributed by atoms with Crippen molar-refractivity contribution < 1.29 is 19.7 Å². The fourth-order valence-corrected chi connectivity index (χ4v) is 7.39. The van der Waals surface area contributed by atoms with Crippen LogP contribution in [0, 0.1) is 0 Å². The van der Waals surface area contributed by atoms with Crippen LogP contribution in [-0.4, -0.2) is 70.9 Å². The SMILES string of the molecule is COc1ccsc1C1(O)CCN(CC(=O)C(c2ccccc2)[C@@H](O)N2C3CCCC2CC3)CC1. The molecular weight excluding hydrogens is 448 g/mol. The van der Waals surface area contributed by atoms with Crippen molar-refractivity contribution in [1.29, 1.82) is 0 Å². The van der Waals surface area contributed by atoms with Crippen LogP contribution in [0.2, 0.25) is 0 Å². The summed E-state index contributed by atoms with van der Waals surface area (Å²) >= 11 is 1.52. The number of carbonyl (C=O) groups is 1. The Balaban J connectivity index is 1.29. The van der Waals surface area contributed by atoms with Crippen LogP contribution in [0.4, 0.5) is 0 Å². The molecule has 3 aliphatic rings. The van der Waals surface area contributed by atoms with Crippen molar-refractivity contribution in [3.63, 3.8) is 0 Å². The fraction of sp³-hybridized carbons (Fsp3) is 0.593. The van der Waals surface area contributed by atoms with Crippen LogP contribution in [0.25, 0.3) is 0 Å². The number of piperidine rings is 2. The van der Waals surface area contributed by atoms with Crippen molar-refractivity contribution >= 4 is 17.1 Å². The smallest absolute Gasteiger partial charge is 0.158 e. The van der Waals surface area contributed by atoms with Crippen LogP contribution >= 0.6 is 11.3 Å². The van der Waals surface area contributed by atoms with Gasteiger partial charge >= 0.3 is 0 Å². The molecule has 0 aliphatic carbocycles. The molecule has 5 rings (SSSR count). The maximum atomic E-state index is 13.7. The van der Waals surface area contributed by atoms with Crippen LogP contribution in [0.15, 0.2) is 41.8 Å². The summed E-state index contributed by atoms with van der Waals surface area (Å²) in [4.78, 5) is 19.0. The number of carbonyl (C=O) groups excluding carboxylic acids is 1. The van der Waals surface area contributed by atoms with Crippen molar-refractivity contribution in [2.45, 2.75) is 74.8 Å². The summed E-state index contributed by atoms with van der Waals surface area (Å²) < 4.78 is 5.43. The Morgan fingerprint density at radius 2 is 1.79 bits per heavy atom. The highest BCUT2D eigenvalue weighted by atomic mass is 32.1. The molecule has 0 spiro atoms. The van der Waals surface area contributed by atoms with E-state index in [0.717, 1.165) is 41.9 Å². The van der Waals surface area contributed by atoms with Crippen molar-refractivity contribution in [3.8, 4) is 5.75 Å². The minimum absolute atomic E-state index is 0.0582. The fourth-order valence-electron chi connectivity index (χ4n) is 6.37. The lowest BCUT2D eigenvalue weighted by Gasteiger charge is -2.42. The Morgan fingerprint density at radius 1 is 1.12 bits per heavy atom. The van der Waals surface area contributed by atoms with E-state index in [0.29, 0.717) is 38.0 Å². The van der Waals surface area contributed by atoms with E-state index in [1.165, 1.54) is 17.8 Å². The predicted octanol–water partition coefficient (Wildman–Crippen LogP) is 3.73. The number of fused-ring (bicyclic) bond motifs is 2. The molecule has 2 aromatic rings. The zero-order valence-corrected chi connectivity index (χ0v) is 20.8. The second kappa shape index (κ2) is 10.1. The molecule has 0 saturated carbocycles. The van der Waals surface area contributed by atoms with Gasteiger partial charge in [0.15, 0.2) is 5.78 Å². The number of aliphatic hydroxyl groups is 2. The van der Waals surface area contributed by atoms with Gasteiger partial charge in [-0.15, -0.1) is 11.3 Å². The predicted molar refractivity (Wildman–Crippen MR) is 133 cm³/mol. The molecule has 3 unspecified atom stereocenters. The molecule has 6 nitrogen and oxygen atoms in total. The van der Waals surface area contributed by atoms with Gasteiger partial charge in [-0.05, 0) is 55.5 Å². The Bertz CT molecular complexity index is 956. The maximum Gasteiger partial charge on any atom is 0.158 e. The van der Waals surface area contributed by atoms with Crippen molar-refractivity contribution in [2.75, 3.05) is 26.7 Å². The Labute approximate surface area is 206 Å². The third-order valence-corrected chi connectivity index (χ3v) is 9.28. The lowest BCUT2D eigenvalue weighted by Crippen LogP contribution is -2.52. The second-order valence-corrected chi connectivity index (χ2v) is 11.1. The number of hydrogen-bond acceptors (Lipinski definition) is 7. The van der Waals surface area contributed by atoms with Gasteiger partial charge in [0.05, 0.1) is 24.4 Å². The summed E-state index contributed by atoms with van der Waals surface area (Å²) in [6, 6.07) is 12.5. The first-order valence-corrected chi connectivity index (χ1v) is 13.5. The first kappa shape index (κ1) is 23.9. The van der Waals surface area contributed by atoms with Gasteiger partial charge < -0.3 is 14.9 Å². The van der Waals surface area contributed by atoms with Crippen LogP contribution in [-0.2, 0) is 10.4 Å². The molecule has 4 heterocycles. The van der Waals surface area contributed by atoms with Gasteiger partial charge in [0.25, 0.3) is 0 Å². The van der Waals surface area contributed by atoms with Gasteiger partial charge in [-0.1, -0.05) is 36.8 Å². The molecule has 0 amide bonds. The average molecular weight is 485 g/mol. The number of hydrogen-bond donors (Lipinski definition) is 2. The zero-order valence-electron chi connectivity index (χ0n) is 19.9. The average Bonchev–Trinajstić information content (AvgIpc) is 3.44. The normalized spacial score (nSPS) is 26.8. The van der Waals surface area contributed by atoms with Crippen LogP contribution in [0.5, 0.6) is 5.75 Å². The number of nitrogens with zero attached hydrogens (tertiary/aromatic N) is 2. The topological polar surface area (TPSA) is 73.2 Å². The minimum atomic E-state index is -0.912. The lowest BCUT2D eigenvalue weighted by atomic mass is 9.87. The molecule has 2 N–H and O–H groups in total. The summed E-state index contributed by atoms with van der Waals surface area (Å²) in [5, 5.41) is 24.8. The standard InChI is InChI=1S/C27H36N2O4S/c1-33-23-12-17-34-25(23)27(32)13-15-28(16-14-27)18-22(30)24(19-6-3-2-4-7-19)26(31)29-20-8-5-9-21(29)11-10-20/h2-4,6-7,12,17,20-21,24,26,31-32H,5,8-11,13-16,18H2,1H3/t20?,21?,24?,26-/m1/s1. The number of thiophene rings is 1. The lowest BCUT2D eigenvalue weighted by molar-refractivity contribution is -0.132. The van der Waals surface area contributed by atoms with E-state index in [9.17, 15) is 15.0 Å². The monoisotopic (exact) mass is 484 g/mol. The Kier molecular flexibility index (Phi) is 7.09. The summed E-state index contributed by atoms with van der Waals surface area (Å²) in [5.74, 6) is 0.240. The summed E-state index contributed by atoms with van der Waals surface area (Å²) in [6.07, 6.45) is 6.01. The molecule has 4 atom stereocenters. The molecule has 3 aliphatic heterocycles. The highest BCUT2D eigenvalue weighted by Gasteiger charge is 2.45. The number of ether oxygens (including phenoxy) is 1. The number of benzene rings is 1. The van der Waals surface area contributed by atoms with E-state index in [2.05, 4.69) is 9.80 Å². The van der Waals surface area contributed by atoms with Crippen LogP contribution in [0.3, 0.4) is 0 Å². The first-order valence-electron chi connectivity index (χ1n) is 12.6. The van der Waals surface area contributed by atoms with Gasteiger partial charge in [0.2, 0.25) is 0 Å². The van der Waals surface area contributed by atoms with Gasteiger partial charge in [-0.2, -0.15) is 0 Å². The highest BCUT2D eigenvalue weighted by Crippen LogP contribution is 2.42.